The Bertz CT molecular complexity index is 1190. The lowest BCUT2D eigenvalue weighted by Crippen LogP contribution is -2.63. The number of benzene rings is 2. The Morgan fingerprint density at radius 3 is 2.32 bits per heavy atom. The van der Waals surface area contributed by atoms with Gasteiger partial charge in [-0.2, -0.15) is 13.2 Å². The number of nitrogens with zero attached hydrogens (tertiary/aromatic N) is 1. The SMILES string of the molecule is COC(=O)C1(N(C(=O)C(F)(F)F)c2cccc(Cl)c2)CCC2(CC1)C(Br)=Cc1c(C)cccc12. The lowest BCUT2D eigenvalue weighted by atomic mass is 9.64. The van der Waals surface area contributed by atoms with Crippen LogP contribution in [-0.4, -0.2) is 30.7 Å². The number of aryl methyl sites for hydroxylation is 1. The van der Waals surface area contributed by atoms with Crippen molar-refractivity contribution in [1.82, 2.24) is 0 Å². The molecule has 2 aliphatic carbocycles. The first-order chi connectivity index (χ1) is 16.0. The summed E-state index contributed by atoms with van der Waals surface area (Å²) in [7, 11) is 1.12. The maximum Gasteiger partial charge on any atom is 0.471 e. The first-order valence-corrected chi connectivity index (χ1v) is 11.9. The van der Waals surface area contributed by atoms with Crippen molar-refractivity contribution >= 4 is 51.2 Å². The zero-order chi connectivity index (χ0) is 24.9. The van der Waals surface area contributed by atoms with Gasteiger partial charge in [0.2, 0.25) is 0 Å². The van der Waals surface area contributed by atoms with Crippen LogP contribution in [-0.2, 0) is 19.7 Å². The van der Waals surface area contributed by atoms with Crippen LogP contribution in [0.1, 0.15) is 42.4 Å². The second-order valence-electron chi connectivity index (χ2n) is 8.75. The van der Waals surface area contributed by atoms with Gasteiger partial charge in [-0.1, -0.05) is 51.8 Å². The average Bonchev–Trinajstić information content (AvgIpc) is 3.07. The number of fused-ring (bicyclic) bond motifs is 2. The molecule has 2 aromatic rings. The summed E-state index contributed by atoms with van der Waals surface area (Å²) < 4.78 is 47.3. The monoisotopic (exact) mass is 555 g/mol. The van der Waals surface area contributed by atoms with Gasteiger partial charge in [0.25, 0.3) is 0 Å². The number of amides is 1. The van der Waals surface area contributed by atoms with Crippen LogP contribution in [0.5, 0.6) is 0 Å². The predicted octanol–water partition coefficient (Wildman–Crippen LogP) is 6.72. The van der Waals surface area contributed by atoms with Crippen LogP contribution in [0.15, 0.2) is 46.9 Å². The summed E-state index contributed by atoms with van der Waals surface area (Å²) in [6.45, 7) is 2.00. The Hall–Kier alpha value is -2.32. The molecule has 0 radical (unpaired) electrons. The number of allylic oxidation sites excluding steroid dienone is 1. The minimum Gasteiger partial charge on any atom is -0.467 e. The van der Waals surface area contributed by atoms with Gasteiger partial charge in [-0.3, -0.25) is 9.69 Å². The molecule has 9 heteroatoms. The molecule has 2 aliphatic rings. The van der Waals surface area contributed by atoms with Crippen molar-refractivity contribution in [2.45, 2.75) is 49.7 Å². The van der Waals surface area contributed by atoms with E-state index in [1.807, 2.05) is 31.2 Å². The third-order valence-electron chi connectivity index (χ3n) is 7.00. The molecule has 0 saturated heterocycles. The summed E-state index contributed by atoms with van der Waals surface area (Å²) in [4.78, 5) is 26.5. The highest BCUT2D eigenvalue weighted by molar-refractivity contribution is 9.11. The summed E-state index contributed by atoms with van der Waals surface area (Å²) in [5.41, 5.74) is 0.793. The van der Waals surface area contributed by atoms with Crippen LogP contribution in [0.25, 0.3) is 6.08 Å². The van der Waals surface area contributed by atoms with E-state index in [4.69, 9.17) is 16.3 Å². The van der Waals surface area contributed by atoms with E-state index >= 15 is 0 Å². The maximum absolute atomic E-state index is 13.8. The number of methoxy groups -OCH3 is 1. The molecule has 0 heterocycles. The molecule has 0 aliphatic heterocycles. The number of halogens is 5. The van der Waals surface area contributed by atoms with Crippen molar-refractivity contribution < 1.29 is 27.5 Å². The van der Waals surface area contributed by atoms with E-state index < -0.39 is 29.0 Å². The summed E-state index contributed by atoms with van der Waals surface area (Å²) >= 11 is 9.73. The minimum atomic E-state index is -5.20. The van der Waals surface area contributed by atoms with E-state index in [-0.39, 0.29) is 23.6 Å². The minimum absolute atomic E-state index is 0.0235. The van der Waals surface area contributed by atoms with E-state index in [0.29, 0.717) is 17.7 Å². The summed E-state index contributed by atoms with van der Waals surface area (Å²) in [5, 5.41) is 0.149. The number of esters is 1. The zero-order valence-electron chi connectivity index (χ0n) is 18.5. The van der Waals surface area contributed by atoms with Crippen molar-refractivity contribution in [3.63, 3.8) is 0 Å². The fourth-order valence-electron chi connectivity index (χ4n) is 5.29. The Balaban J connectivity index is 1.82. The highest BCUT2D eigenvalue weighted by Gasteiger charge is 2.59. The lowest BCUT2D eigenvalue weighted by Gasteiger charge is -2.49. The molecule has 34 heavy (non-hydrogen) atoms. The highest BCUT2D eigenvalue weighted by atomic mass is 79.9. The smallest absolute Gasteiger partial charge is 0.467 e. The van der Waals surface area contributed by atoms with E-state index in [1.54, 1.807) is 0 Å². The van der Waals surface area contributed by atoms with Crippen LogP contribution >= 0.6 is 27.5 Å². The van der Waals surface area contributed by atoms with E-state index in [9.17, 15) is 22.8 Å². The number of carbonyl (C=O) groups excluding carboxylic acids is 2. The average molecular weight is 557 g/mol. The third kappa shape index (κ3) is 3.85. The molecular weight excluding hydrogens is 535 g/mol. The van der Waals surface area contributed by atoms with Crippen LogP contribution < -0.4 is 4.90 Å². The molecule has 0 atom stereocenters. The van der Waals surface area contributed by atoms with Gasteiger partial charge in [0, 0.05) is 20.6 Å². The van der Waals surface area contributed by atoms with Crippen molar-refractivity contribution in [2.24, 2.45) is 0 Å². The first-order valence-electron chi connectivity index (χ1n) is 10.7. The molecule has 2 aromatic carbocycles. The van der Waals surface area contributed by atoms with Crippen molar-refractivity contribution in [3.05, 3.63) is 68.7 Å². The van der Waals surface area contributed by atoms with Crippen molar-refractivity contribution in [1.29, 1.82) is 0 Å². The Kier molecular flexibility index (Phi) is 6.36. The van der Waals surface area contributed by atoms with Gasteiger partial charge in [0.1, 0.15) is 5.54 Å². The van der Waals surface area contributed by atoms with Gasteiger partial charge in [-0.05, 0) is 73.6 Å². The molecular formula is C25H22BrClF3NO3. The largest absolute Gasteiger partial charge is 0.471 e. The standard InChI is InChI=1S/C25H22BrClF3NO3/c1-15-5-3-8-19-18(15)14-20(26)23(19)9-11-24(12-10-23,22(33)34-2)31(21(32)25(28,29)30)17-7-4-6-16(27)13-17/h3-8,13-14H,9-12H2,1-2H3. The van der Waals surface area contributed by atoms with Gasteiger partial charge in [-0.25, -0.2) is 4.79 Å². The van der Waals surface area contributed by atoms with Crippen molar-refractivity contribution in [3.8, 4) is 0 Å². The molecule has 0 aromatic heterocycles. The number of rotatable bonds is 3. The van der Waals surface area contributed by atoms with Gasteiger partial charge in [-0.15, -0.1) is 0 Å². The maximum atomic E-state index is 13.8. The molecule has 4 nitrogen and oxygen atoms in total. The second-order valence-corrected chi connectivity index (χ2v) is 10.0. The number of carbonyl (C=O) groups is 2. The second kappa shape index (κ2) is 8.72. The Labute approximate surface area is 208 Å². The molecule has 1 spiro atoms. The summed E-state index contributed by atoms with van der Waals surface area (Å²) in [6, 6.07) is 11.5. The number of anilines is 1. The van der Waals surface area contributed by atoms with Crippen molar-refractivity contribution in [2.75, 3.05) is 12.0 Å². The fraction of sp³-hybridized carbons (Fsp3) is 0.360. The zero-order valence-corrected chi connectivity index (χ0v) is 20.9. The van der Waals surface area contributed by atoms with Crippen LogP contribution in [0.3, 0.4) is 0 Å². The molecule has 1 fully saturated rings. The molecule has 1 saturated carbocycles. The summed E-state index contributed by atoms with van der Waals surface area (Å²) in [5.74, 6) is -3.02. The summed E-state index contributed by atoms with van der Waals surface area (Å²) in [6.07, 6.45) is -2.52. The van der Waals surface area contributed by atoms with E-state index in [1.165, 1.54) is 24.3 Å². The number of hydrogen-bond donors (Lipinski definition) is 0. The lowest BCUT2D eigenvalue weighted by molar-refractivity contribution is -0.174. The molecule has 0 unspecified atom stereocenters. The van der Waals surface area contributed by atoms with E-state index in [0.717, 1.165) is 28.3 Å². The molecule has 180 valence electrons. The number of hydrogen-bond acceptors (Lipinski definition) is 3. The first kappa shape index (κ1) is 24.8. The normalized spacial score (nSPS) is 23.9. The Morgan fingerprint density at radius 2 is 1.74 bits per heavy atom. The van der Waals surface area contributed by atoms with Crippen LogP contribution in [0, 0.1) is 6.92 Å². The fourth-order valence-corrected chi connectivity index (χ4v) is 6.31. The molecule has 4 rings (SSSR count). The van der Waals surface area contributed by atoms with Gasteiger partial charge in [0.05, 0.1) is 7.11 Å². The molecule has 1 amide bonds. The topological polar surface area (TPSA) is 46.6 Å². The molecule has 0 bridgehead atoms. The van der Waals surface area contributed by atoms with Gasteiger partial charge >= 0.3 is 18.1 Å². The van der Waals surface area contributed by atoms with Gasteiger partial charge < -0.3 is 4.74 Å². The highest BCUT2D eigenvalue weighted by Crippen LogP contribution is 2.57. The number of ether oxygens (including phenoxy) is 1. The third-order valence-corrected chi connectivity index (χ3v) is 8.23. The predicted molar refractivity (Wildman–Crippen MR) is 128 cm³/mol. The Morgan fingerprint density at radius 1 is 1.09 bits per heavy atom. The van der Waals surface area contributed by atoms with Gasteiger partial charge in [0.15, 0.2) is 0 Å². The number of alkyl halides is 3. The van der Waals surface area contributed by atoms with E-state index in [2.05, 4.69) is 15.9 Å². The quantitative estimate of drug-likeness (QED) is 0.395. The van der Waals surface area contributed by atoms with Crippen LogP contribution in [0.2, 0.25) is 5.02 Å². The molecule has 0 N–H and O–H groups in total. The van der Waals surface area contributed by atoms with Crippen LogP contribution in [0.4, 0.5) is 18.9 Å².